The molecule has 3 heterocycles. The van der Waals surface area contributed by atoms with Crippen molar-refractivity contribution in [3.05, 3.63) is 61.1 Å². The molecule has 2 aromatic carbocycles. The van der Waals surface area contributed by atoms with E-state index in [4.69, 9.17) is 0 Å². The maximum Gasteiger partial charge on any atom is 0.240 e. The molecular formula is C28H35N7O2S. The molecule has 0 radical (unpaired) electrons. The molecule has 1 fully saturated rings. The van der Waals surface area contributed by atoms with Crippen molar-refractivity contribution >= 4 is 32.6 Å². The second-order valence-electron chi connectivity index (χ2n) is 10.3. The molecule has 0 spiro atoms. The molecule has 1 aliphatic heterocycles. The third kappa shape index (κ3) is 6.56. The number of nitrogens with zero attached hydrogens (tertiary/aromatic N) is 5. The molecule has 9 nitrogen and oxygen atoms in total. The highest BCUT2D eigenvalue weighted by Gasteiger charge is 2.15. The van der Waals surface area contributed by atoms with Crippen molar-refractivity contribution in [3.63, 3.8) is 0 Å². The van der Waals surface area contributed by atoms with E-state index < -0.39 is 10.0 Å². The van der Waals surface area contributed by atoms with Crippen molar-refractivity contribution in [2.45, 2.75) is 44.6 Å². The van der Waals surface area contributed by atoms with E-state index in [2.05, 4.69) is 56.1 Å². The monoisotopic (exact) mass is 533 g/mol. The number of sulfonamides is 1. The van der Waals surface area contributed by atoms with Gasteiger partial charge in [0.15, 0.2) is 0 Å². The fourth-order valence-electron chi connectivity index (χ4n) is 4.70. The normalized spacial score (nSPS) is 14.8. The van der Waals surface area contributed by atoms with Gasteiger partial charge in [0.25, 0.3) is 0 Å². The average molecular weight is 534 g/mol. The van der Waals surface area contributed by atoms with Crippen LogP contribution in [0.3, 0.4) is 0 Å². The molecule has 2 aromatic heterocycles. The Morgan fingerprint density at radius 2 is 1.76 bits per heavy atom. The fraction of sp³-hybridized carbons (Fsp3) is 0.393. The molecule has 200 valence electrons. The molecule has 38 heavy (non-hydrogen) atoms. The Labute approximate surface area is 224 Å². The van der Waals surface area contributed by atoms with E-state index in [1.54, 1.807) is 30.5 Å². The summed E-state index contributed by atoms with van der Waals surface area (Å²) >= 11 is 0. The summed E-state index contributed by atoms with van der Waals surface area (Å²) in [6, 6.07) is 12.7. The lowest BCUT2D eigenvalue weighted by atomic mass is 10.1. The molecule has 0 amide bonds. The topological polar surface area (TPSA) is 105 Å². The maximum atomic E-state index is 12.7. The van der Waals surface area contributed by atoms with Crippen molar-refractivity contribution in [1.82, 2.24) is 29.4 Å². The number of hydrogen-bond acceptors (Lipinski definition) is 7. The SMILES string of the molecule is CC(C)Cn1cc(-c2ccc3cnc(Nc4ccc(S(=O)(=O)NCCN5CCCCC5)cc4)nc3c2)cn1. The Morgan fingerprint density at radius 1 is 0.974 bits per heavy atom. The zero-order chi connectivity index (χ0) is 26.5. The van der Waals surface area contributed by atoms with E-state index in [-0.39, 0.29) is 4.90 Å². The van der Waals surface area contributed by atoms with E-state index in [1.165, 1.54) is 19.3 Å². The average Bonchev–Trinajstić information content (AvgIpc) is 3.37. The van der Waals surface area contributed by atoms with Crippen molar-refractivity contribution in [2.24, 2.45) is 5.92 Å². The van der Waals surface area contributed by atoms with Crippen LogP contribution in [0.25, 0.3) is 22.0 Å². The Bertz CT molecular complexity index is 1480. The van der Waals surface area contributed by atoms with Crippen LogP contribution in [0.1, 0.15) is 33.1 Å². The van der Waals surface area contributed by atoms with Crippen LogP contribution in [0.15, 0.2) is 66.0 Å². The lowest BCUT2D eigenvalue weighted by Gasteiger charge is -2.26. The first kappa shape index (κ1) is 26.3. The largest absolute Gasteiger partial charge is 0.324 e. The summed E-state index contributed by atoms with van der Waals surface area (Å²) in [6.07, 6.45) is 9.35. The zero-order valence-corrected chi connectivity index (χ0v) is 22.8. The van der Waals surface area contributed by atoms with Crippen molar-refractivity contribution in [1.29, 1.82) is 0 Å². The lowest BCUT2D eigenvalue weighted by molar-refractivity contribution is 0.233. The molecule has 0 aliphatic carbocycles. The lowest BCUT2D eigenvalue weighted by Crippen LogP contribution is -2.37. The Balaban J connectivity index is 1.24. The highest BCUT2D eigenvalue weighted by Crippen LogP contribution is 2.25. The number of hydrogen-bond donors (Lipinski definition) is 2. The molecule has 1 saturated heterocycles. The van der Waals surface area contributed by atoms with Gasteiger partial charge in [0.2, 0.25) is 16.0 Å². The van der Waals surface area contributed by atoms with Crippen LogP contribution in [0, 0.1) is 5.92 Å². The molecule has 2 N–H and O–H groups in total. The van der Waals surface area contributed by atoms with Crippen molar-refractivity contribution < 1.29 is 8.42 Å². The first-order valence-electron chi connectivity index (χ1n) is 13.2. The summed E-state index contributed by atoms with van der Waals surface area (Å²) in [7, 11) is -3.56. The van der Waals surface area contributed by atoms with Crippen LogP contribution < -0.4 is 10.0 Å². The molecule has 1 aliphatic rings. The quantitative estimate of drug-likeness (QED) is 0.306. The number of rotatable bonds is 10. The standard InChI is InChI=1S/C28H35N7O2S/c1-21(2)19-35-20-24(18-30-35)22-6-7-23-17-29-28(33-27(23)16-22)32-25-8-10-26(11-9-25)38(36,37)31-12-15-34-13-4-3-5-14-34/h6-11,16-18,20-21,31H,3-5,12-15,19H2,1-2H3,(H,29,32,33). The number of fused-ring (bicyclic) bond motifs is 1. The van der Waals surface area contributed by atoms with Crippen molar-refractivity contribution in [2.75, 3.05) is 31.5 Å². The minimum atomic E-state index is -3.56. The Hall–Kier alpha value is -3.34. The first-order valence-corrected chi connectivity index (χ1v) is 14.7. The molecule has 4 aromatic rings. The third-order valence-corrected chi connectivity index (χ3v) is 8.17. The van der Waals surface area contributed by atoms with Crippen LogP contribution in [0.4, 0.5) is 11.6 Å². The van der Waals surface area contributed by atoms with E-state index >= 15 is 0 Å². The van der Waals surface area contributed by atoms with Gasteiger partial charge in [0.1, 0.15) is 0 Å². The summed E-state index contributed by atoms with van der Waals surface area (Å²) in [5, 5.41) is 8.59. The van der Waals surface area contributed by atoms with Gasteiger partial charge in [-0.15, -0.1) is 0 Å². The molecule has 0 unspecified atom stereocenters. The minimum Gasteiger partial charge on any atom is -0.324 e. The molecule has 0 saturated carbocycles. The van der Waals surface area contributed by atoms with Gasteiger partial charge in [0.05, 0.1) is 16.6 Å². The van der Waals surface area contributed by atoms with E-state index in [0.29, 0.717) is 24.1 Å². The molecule has 0 atom stereocenters. The smallest absolute Gasteiger partial charge is 0.240 e. The number of aromatic nitrogens is 4. The van der Waals surface area contributed by atoms with Gasteiger partial charge in [-0.1, -0.05) is 32.4 Å². The van der Waals surface area contributed by atoms with Gasteiger partial charge < -0.3 is 10.2 Å². The van der Waals surface area contributed by atoms with Crippen LogP contribution in [-0.4, -0.2) is 59.2 Å². The van der Waals surface area contributed by atoms with Crippen LogP contribution >= 0.6 is 0 Å². The van der Waals surface area contributed by atoms with Crippen LogP contribution in [0.5, 0.6) is 0 Å². The summed E-state index contributed by atoms with van der Waals surface area (Å²) < 4.78 is 30.1. The minimum absolute atomic E-state index is 0.240. The number of benzene rings is 2. The van der Waals surface area contributed by atoms with Crippen molar-refractivity contribution in [3.8, 4) is 11.1 Å². The Kier molecular flexibility index (Phi) is 8.01. The van der Waals surface area contributed by atoms with Gasteiger partial charge >= 0.3 is 0 Å². The molecular weight excluding hydrogens is 498 g/mol. The number of likely N-dealkylation sites (tertiary alicyclic amines) is 1. The van der Waals surface area contributed by atoms with E-state index in [1.807, 2.05) is 23.0 Å². The summed E-state index contributed by atoms with van der Waals surface area (Å²) in [5.41, 5.74) is 3.61. The predicted octanol–water partition coefficient (Wildman–Crippen LogP) is 4.66. The van der Waals surface area contributed by atoms with Crippen LogP contribution in [-0.2, 0) is 16.6 Å². The fourth-order valence-corrected chi connectivity index (χ4v) is 5.72. The van der Waals surface area contributed by atoms with E-state index in [0.717, 1.165) is 48.2 Å². The van der Waals surface area contributed by atoms with E-state index in [9.17, 15) is 8.42 Å². The second-order valence-corrected chi connectivity index (χ2v) is 12.0. The Morgan fingerprint density at radius 3 is 2.53 bits per heavy atom. The highest BCUT2D eigenvalue weighted by molar-refractivity contribution is 7.89. The van der Waals surface area contributed by atoms with Gasteiger partial charge in [-0.25, -0.2) is 23.1 Å². The molecule has 10 heteroatoms. The third-order valence-electron chi connectivity index (χ3n) is 6.69. The highest BCUT2D eigenvalue weighted by atomic mass is 32.2. The molecule has 5 rings (SSSR count). The summed E-state index contributed by atoms with van der Waals surface area (Å²) in [4.78, 5) is 11.7. The van der Waals surface area contributed by atoms with Gasteiger partial charge in [0, 0.05) is 48.7 Å². The van der Waals surface area contributed by atoms with Gasteiger partial charge in [-0.3, -0.25) is 4.68 Å². The second kappa shape index (κ2) is 11.6. The van der Waals surface area contributed by atoms with Gasteiger partial charge in [-0.05, 0) is 67.7 Å². The number of piperidine rings is 1. The van der Waals surface area contributed by atoms with Gasteiger partial charge in [-0.2, -0.15) is 5.10 Å². The first-order chi connectivity index (χ1) is 18.4. The summed E-state index contributed by atoms with van der Waals surface area (Å²) in [5.74, 6) is 0.969. The predicted molar refractivity (Wildman–Crippen MR) is 151 cm³/mol. The summed E-state index contributed by atoms with van der Waals surface area (Å²) in [6.45, 7) is 8.45. The number of nitrogens with one attached hydrogen (secondary N) is 2. The maximum absolute atomic E-state index is 12.7. The number of anilines is 2. The zero-order valence-electron chi connectivity index (χ0n) is 22.0. The molecule has 0 bridgehead atoms. The van der Waals surface area contributed by atoms with Crippen LogP contribution in [0.2, 0.25) is 0 Å².